The van der Waals surface area contributed by atoms with Crippen molar-refractivity contribution in [2.24, 2.45) is 5.73 Å². The van der Waals surface area contributed by atoms with Crippen molar-refractivity contribution in [1.82, 2.24) is 15.5 Å². The van der Waals surface area contributed by atoms with Gasteiger partial charge in [-0.2, -0.15) is 0 Å². The number of nitrogens with zero attached hydrogens (tertiary/aromatic N) is 1. The minimum Gasteiger partial charge on any atom is -0.358 e. The molecule has 19 heavy (non-hydrogen) atoms. The summed E-state index contributed by atoms with van der Waals surface area (Å²) in [5.74, 6) is 0.126. The molecule has 6 nitrogen and oxygen atoms in total. The number of nitrogens with one attached hydrogen (secondary N) is 2. The lowest BCUT2D eigenvalue weighted by Gasteiger charge is -2.31. The van der Waals surface area contributed by atoms with E-state index in [1.807, 2.05) is 6.92 Å². The van der Waals surface area contributed by atoms with Crippen LogP contribution in [0.4, 0.5) is 0 Å². The van der Waals surface area contributed by atoms with Gasteiger partial charge in [-0.05, 0) is 26.2 Å². The fraction of sp³-hybridized carbons (Fsp3) is 0.846. The molecule has 1 rings (SSSR count). The second kappa shape index (κ2) is 8.12. The Morgan fingerprint density at radius 1 is 1.32 bits per heavy atom. The van der Waals surface area contributed by atoms with E-state index >= 15 is 0 Å². The Kier molecular flexibility index (Phi) is 6.80. The van der Waals surface area contributed by atoms with Crippen molar-refractivity contribution in [3.05, 3.63) is 0 Å². The summed E-state index contributed by atoms with van der Waals surface area (Å²) in [6, 6.07) is 0.307. The van der Waals surface area contributed by atoms with E-state index in [2.05, 4.69) is 15.5 Å². The standard InChI is InChI=1S/C13H26N4O2/c1-10(14)3-4-12(18)16-11-5-7-17(8-6-11)9-13(19)15-2/h10-11H,3-9,14H2,1-2H3,(H,15,19)(H,16,18). The summed E-state index contributed by atoms with van der Waals surface area (Å²) in [6.07, 6.45) is 3.03. The predicted molar refractivity (Wildman–Crippen MR) is 74.6 cm³/mol. The number of likely N-dealkylation sites (N-methyl/N-ethyl adjacent to an activating group) is 1. The first-order valence-electron chi connectivity index (χ1n) is 6.99. The van der Waals surface area contributed by atoms with E-state index in [1.165, 1.54) is 0 Å². The number of amides is 2. The van der Waals surface area contributed by atoms with E-state index in [1.54, 1.807) is 7.05 Å². The van der Waals surface area contributed by atoms with Gasteiger partial charge in [0.25, 0.3) is 0 Å². The maximum Gasteiger partial charge on any atom is 0.233 e. The Bertz CT molecular complexity index is 299. The second-order valence-electron chi connectivity index (χ2n) is 5.31. The normalized spacial score (nSPS) is 18.9. The molecule has 0 aromatic carbocycles. The zero-order chi connectivity index (χ0) is 14.3. The summed E-state index contributed by atoms with van der Waals surface area (Å²) in [5, 5.41) is 5.66. The Morgan fingerprint density at radius 2 is 1.95 bits per heavy atom. The summed E-state index contributed by atoms with van der Waals surface area (Å²) in [7, 11) is 1.65. The van der Waals surface area contributed by atoms with Gasteiger partial charge in [0.1, 0.15) is 0 Å². The number of hydrogen-bond acceptors (Lipinski definition) is 4. The molecule has 110 valence electrons. The van der Waals surface area contributed by atoms with E-state index < -0.39 is 0 Å². The molecule has 0 saturated carbocycles. The summed E-state index contributed by atoms with van der Waals surface area (Å²) >= 11 is 0. The number of nitrogens with two attached hydrogens (primary N) is 1. The van der Waals surface area contributed by atoms with E-state index in [0.29, 0.717) is 13.0 Å². The molecule has 1 aliphatic heterocycles. The minimum atomic E-state index is 0.0411. The lowest BCUT2D eigenvalue weighted by molar-refractivity contribution is -0.124. The molecule has 2 amide bonds. The number of likely N-dealkylation sites (tertiary alicyclic amines) is 1. The largest absolute Gasteiger partial charge is 0.358 e. The van der Waals surface area contributed by atoms with Crippen molar-refractivity contribution < 1.29 is 9.59 Å². The van der Waals surface area contributed by atoms with Gasteiger partial charge in [-0.15, -0.1) is 0 Å². The number of rotatable bonds is 6. The lowest BCUT2D eigenvalue weighted by atomic mass is 10.0. The molecule has 1 saturated heterocycles. The second-order valence-corrected chi connectivity index (χ2v) is 5.31. The van der Waals surface area contributed by atoms with Crippen LogP contribution in [0.2, 0.25) is 0 Å². The number of carbonyl (C=O) groups excluding carboxylic acids is 2. The molecular formula is C13H26N4O2. The van der Waals surface area contributed by atoms with Crippen molar-refractivity contribution in [2.45, 2.75) is 44.7 Å². The Hall–Kier alpha value is -1.14. The topological polar surface area (TPSA) is 87.5 Å². The van der Waals surface area contributed by atoms with Crippen molar-refractivity contribution in [2.75, 3.05) is 26.7 Å². The highest BCUT2D eigenvalue weighted by atomic mass is 16.2. The quantitative estimate of drug-likeness (QED) is 0.604. The molecule has 0 aromatic heterocycles. The van der Waals surface area contributed by atoms with Crippen LogP contribution in [0.5, 0.6) is 0 Å². The SMILES string of the molecule is CNC(=O)CN1CCC(NC(=O)CCC(C)N)CC1. The predicted octanol–water partition coefficient (Wildman–Crippen LogP) is -0.560. The van der Waals surface area contributed by atoms with Crippen LogP contribution in [0.15, 0.2) is 0 Å². The van der Waals surface area contributed by atoms with E-state index in [9.17, 15) is 9.59 Å². The molecule has 1 unspecified atom stereocenters. The molecule has 6 heteroatoms. The first-order valence-corrected chi connectivity index (χ1v) is 6.99. The summed E-state index contributed by atoms with van der Waals surface area (Å²) in [4.78, 5) is 25.0. The highest BCUT2D eigenvalue weighted by molar-refractivity contribution is 5.77. The number of piperidine rings is 1. The third kappa shape index (κ3) is 6.54. The van der Waals surface area contributed by atoms with Crippen LogP contribution >= 0.6 is 0 Å². The van der Waals surface area contributed by atoms with Gasteiger partial charge in [0.05, 0.1) is 6.54 Å². The van der Waals surface area contributed by atoms with Crippen LogP contribution in [-0.2, 0) is 9.59 Å². The smallest absolute Gasteiger partial charge is 0.233 e. The first-order chi connectivity index (χ1) is 9.01. The van der Waals surface area contributed by atoms with Crippen LogP contribution in [0.3, 0.4) is 0 Å². The van der Waals surface area contributed by atoms with Crippen molar-refractivity contribution in [3.63, 3.8) is 0 Å². The van der Waals surface area contributed by atoms with Gasteiger partial charge in [-0.25, -0.2) is 0 Å². The Labute approximate surface area is 115 Å². The van der Waals surface area contributed by atoms with E-state index in [0.717, 1.165) is 32.4 Å². The molecule has 4 N–H and O–H groups in total. The monoisotopic (exact) mass is 270 g/mol. The van der Waals surface area contributed by atoms with Crippen molar-refractivity contribution >= 4 is 11.8 Å². The third-order valence-corrected chi connectivity index (χ3v) is 3.43. The van der Waals surface area contributed by atoms with Crippen LogP contribution in [0, 0.1) is 0 Å². The van der Waals surface area contributed by atoms with Crippen LogP contribution < -0.4 is 16.4 Å². The van der Waals surface area contributed by atoms with Gasteiger partial charge in [-0.3, -0.25) is 14.5 Å². The van der Waals surface area contributed by atoms with Crippen LogP contribution in [0.1, 0.15) is 32.6 Å². The third-order valence-electron chi connectivity index (χ3n) is 3.43. The van der Waals surface area contributed by atoms with Gasteiger partial charge < -0.3 is 16.4 Å². The molecular weight excluding hydrogens is 244 g/mol. The molecule has 0 aromatic rings. The molecule has 0 radical (unpaired) electrons. The molecule has 1 aliphatic rings. The molecule has 0 bridgehead atoms. The lowest BCUT2D eigenvalue weighted by Crippen LogP contribution is -2.47. The fourth-order valence-corrected chi connectivity index (χ4v) is 2.18. The highest BCUT2D eigenvalue weighted by Gasteiger charge is 2.21. The zero-order valence-electron chi connectivity index (χ0n) is 11.9. The van der Waals surface area contributed by atoms with E-state index in [4.69, 9.17) is 5.73 Å². The molecule has 1 fully saturated rings. The average molecular weight is 270 g/mol. The van der Waals surface area contributed by atoms with Gasteiger partial charge >= 0.3 is 0 Å². The molecule has 1 heterocycles. The van der Waals surface area contributed by atoms with Crippen molar-refractivity contribution in [1.29, 1.82) is 0 Å². The van der Waals surface area contributed by atoms with Crippen molar-refractivity contribution in [3.8, 4) is 0 Å². The van der Waals surface area contributed by atoms with Crippen LogP contribution in [0.25, 0.3) is 0 Å². The number of hydrogen-bond donors (Lipinski definition) is 3. The molecule has 1 atom stereocenters. The van der Waals surface area contributed by atoms with Gasteiger partial charge in [0.2, 0.25) is 11.8 Å². The number of carbonyl (C=O) groups is 2. The average Bonchev–Trinajstić information content (AvgIpc) is 2.38. The van der Waals surface area contributed by atoms with E-state index in [-0.39, 0.29) is 23.9 Å². The van der Waals surface area contributed by atoms with Gasteiger partial charge in [0, 0.05) is 38.6 Å². The maximum atomic E-state index is 11.7. The van der Waals surface area contributed by atoms with Crippen LogP contribution in [-0.4, -0.2) is 55.5 Å². The fourth-order valence-electron chi connectivity index (χ4n) is 2.18. The Morgan fingerprint density at radius 3 is 2.47 bits per heavy atom. The Balaban J connectivity index is 2.19. The summed E-state index contributed by atoms with van der Waals surface area (Å²) in [6.45, 7) is 4.06. The highest BCUT2D eigenvalue weighted by Crippen LogP contribution is 2.10. The minimum absolute atomic E-state index is 0.0411. The van der Waals surface area contributed by atoms with Gasteiger partial charge in [0.15, 0.2) is 0 Å². The molecule has 0 aliphatic carbocycles. The molecule has 0 spiro atoms. The summed E-state index contributed by atoms with van der Waals surface area (Å²) < 4.78 is 0. The first kappa shape index (κ1) is 15.9. The maximum absolute atomic E-state index is 11.7. The summed E-state index contributed by atoms with van der Waals surface area (Å²) in [5.41, 5.74) is 5.63. The van der Waals surface area contributed by atoms with Gasteiger partial charge in [-0.1, -0.05) is 0 Å². The zero-order valence-corrected chi connectivity index (χ0v) is 11.9.